The first-order chi connectivity index (χ1) is 10.1. The maximum Gasteiger partial charge on any atom is 0.417 e. The molecule has 21 heavy (non-hydrogen) atoms. The van der Waals surface area contributed by atoms with Crippen LogP contribution in [0.15, 0.2) is 32.8 Å². The van der Waals surface area contributed by atoms with Gasteiger partial charge in [-0.15, -0.1) is 11.3 Å². The van der Waals surface area contributed by atoms with E-state index in [0.717, 1.165) is 27.6 Å². The summed E-state index contributed by atoms with van der Waals surface area (Å²) in [6.07, 6.45) is 0. The lowest BCUT2D eigenvalue weighted by Gasteiger charge is -2.17. The van der Waals surface area contributed by atoms with Crippen molar-refractivity contribution >= 4 is 34.0 Å². The fourth-order valence-corrected chi connectivity index (χ4v) is 3.76. The molecule has 0 fully saturated rings. The Kier molecular flexibility index (Phi) is 3.89. The molecule has 1 aromatic carbocycles. The Hall–Kier alpha value is -1.56. The van der Waals surface area contributed by atoms with Gasteiger partial charge in [0.2, 0.25) is 0 Å². The fraction of sp³-hybridized carbons (Fsp3) is 0.267. The third-order valence-electron chi connectivity index (χ3n) is 3.37. The van der Waals surface area contributed by atoms with E-state index in [-0.39, 0.29) is 6.04 Å². The Morgan fingerprint density at radius 1 is 1.48 bits per heavy atom. The van der Waals surface area contributed by atoms with Crippen molar-refractivity contribution in [2.24, 2.45) is 0 Å². The number of thiophene rings is 1. The number of fused-ring (bicyclic) bond motifs is 1. The van der Waals surface area contributed by atoms with Crippen LogP contribution < -0.4 is 11.1 Å². The molecule has 0 aliphatic carbocycles. The number of oxazole rings is 1. The van der Waals surface area contributed by atoms with Crippen LogP contribution in [0.5, 0.6) is 0 Å². The molecule has 0 saturated carbocycles. The van der Waals surface area contributed by atoms with E-state index in [0.29, 0.717) is 11.1 Å². The molecule has 0 spiro atoms. The monoisotopic (exact) mass is 322 g/mol. The maximum absolute atomic E-state index is 11.3. The average molecular weight is 323 g/mol. The van der Waals surface area contributed by atoms with Gasteiger partial charge in [0.05, 0.1) is 16.6 Å². The van der Waals surface area contributed by atoms with Gasteiger partial charge in [-0.1, -0.05) is 24.6 Å². The highest BCUT2D eigenvalue weighted by molar-refractivity contribution is 7.10. The van der Waals surface area contributed by atoms with E-state index >= 15 is 0 Å². The summed E-state index contributed by atoms with van der Waals surface area (Å²) in [5.74, 6) is -0.438. The van der Waals surface area contributed by atoms with Crippen LogP contribution in [0, 0.1) is 6.92 Å². The van der Waals surface area contributed by atoms with Gasteiger partial charge in [-0.3, -0.25) is 4.98 Å². The molecule has 2 aromatic heterocycles. The fourth-order valence-electron chi connectivity index (χ4n) is 2.35. The first-order valence-corrected chi connectivity index (χ1v) is 7.95. The summed E-state index contributed by atoms with van der Waals surface area (Å²) in [5, 5.41) is 6.28. The lowest BCUT2D eigenvalue weighted by atomic mass is 10.0. The van der Waals surface area contributed by atoms with Gasteiger partial charge in [-0.2, -0.15) is 0 Å². The predicted octanol–water partition coefficient (Wildman–Crippen LogP) is 3.84. The number of hydrogen-bond acceptors (Lipinski definition) is 4. The lowest BCUT2D eigenvalue weighted by molar-refractivity contribution is 0.554. The SMILES string of the molecule is CCNC(c1ccc2[nH]c(=O)oc2c1)c1scc(C)c1Cl. The van der Waals surface area contributed by atoms with Gasteiger partial charge in [0.1, 0.15) is 0 Å². The zero-order chi connectivity index (χ0) is 15.0. The molecule has 2 heterocycles. The van der Waals surface area contributed by atoms with Crippen molar-refractivity contribution in [1.29, 1.82) is 0 Å². The first kappa shape index (κ1) is 14.4. The lowest BCUT2D eigenvalue weighted by Crippen LogP contribution is -2.21. The summed E-state index contributed by atoms with van der Waals surface area (Å²) in [6.45, 7) is 4.86. The van der Waals surface area contributed by atoms with Gasteiger partial charge in [0.15, 0.2) is 5.58 Å². The molecule has 0 amide bonds. The second-order valence-electron chi connectivity index (χ2n) is 4.86. The molecule has 110 valence electrons. The average Bonchev–Trinajstić information content (AvgIpc) is 2.99. The summed E-state index contributed by atoms with van der Waals surface area (Å²) in [5.41, 5.74) is 3.36. The molecule has 3 rings (SSSR count). The summed E-state index contributed by atoms with van der Waals surface area (Å²) in [6, 6.07) is 5.71. The molecule has 0 aliphatic heterocycles. The van der Waals surface area contributed by atoms with E-state index in [1.165, 1.54) is 0 Å². The van der Waals surface area contributed by atoms with Crippen LogP contribution in [0.25, 0.3) is 11.1 Å². The zero-order valence-electron chi connectivity index (χ0n) is 11.7. The third-order valence-corrected chi connectivity index (χ3v) is 5.15. The van der Waals surface area contributed by atoms with Crippen molar-refractivity contribution in [2.75, 3.05) is 6.54 Å². The third kappa shape index (κ3) is 2.64. The number of benzene rings is 1. The van der Waals surface area contributed by atoms with Crippen LogP contribution in [0.1, 0.15) is 29.0 Å². The maximum atomic E-state index is 11.3. The molecule has 3 aromatic rings. The van der Waals surface area contributed by atoms with Gasteiger partial charge < -0.3 is 9.73 Å². The molecule has 2 N–H and O–H groups in total. The largest absolute Gasteiger partial charge is 0.417 e. The summed E-state index contributed by atoms with van der Waals surface area (Å²) < 4.78 is 5.14. The number of aryl methyl sites for hydroxylation is 1. The van der Waals surface area contributed by atoms with E-state index in [9.17, 15) is 4.79 Å². The summed E-state index contributed by atoms with van der Waals surface area (Å²) >= 11 is 8.04. The van der Waals surface area contributed by atoms with Crippen molar-refractivity contribution in [1.82, 2.24) is 10.3 Å². The number of nitrogens with one attached hydrogen (secondary N) is 2. The number of aromatic nitrogens is 1. The van der Waals surface area contributed by atoms with Gasteiger partial charge >= 0.3 is 5.76 Å². The Morgan fingerprint density at radius 3 is 2.95 bits per heavy atom. The molecular weight excluding hydrogens is 308 g/mol. The van der Waals surface area contributed by atoms with Crippen molar-refractivity contribution in [3.8, 4) is 0 Å². The van der Waals surface area contributed by atoms with E-state index in [1.54, 1.807) is 11.3 Å². The van der Waals surface area contributed by atoms with Crippen molar-refractivity contribution in [2.45, 2.75) is 19.9 Å². The minimum Gasteiger partial charge on any atom is -0.408 e. The highest BCUT2D eigenvalue weighted by Crippen LogP contribution is 2.36. The summed E-state index contributed by atoms with van der Waals surface area (Å²) in [7, 11) is 0. The van der Waals surface area contributed by atoms with Gasteiger partial charge in [-0.25, -0.2) is 4.79 Å². The highest BCUT2D eigenvalue weighted by atomic mass is 35.5. The number of hydrogen-bond donors (Lipinski definition) is 2. The molecular formula is C15H15ClN2O2S. The van der Waals surface area contributed by atoms with Crippen LogP contribution in [-0.4, -0.2) is 11.5 Å². The Balaban J connectivity index is 2.10. The number of halogens is 1. The molecule has 0 bridgehead atoms. The van der Waals surface area contributed by atoms with Crippen LogP contribution in [0.2, 0.25) is 5.02 Å². The van der Waals surface area contributed by atoms with Crippen LogP contribution in [0.3, 0.4) is 0 Å². The van der Waals surface area contributed by atoms with Crippen LogP contribution in [-0.2, 0) is 0 Å². The van der Waals surface area contributed by atoms with Crippen molar-refractivity contribution < 1.29 is 4.42 Å². The number of H-pyrrole nitrogens is 1. The Bertz CT molecular complexity index is 834. The number of rotatable bonds is 4. The Morgan fingerprint density at radius 2 is 2.29 bits per heavy atom. The summed E-state index contributed by atoms with van der Waals surface area (Å²) in [4.78, 5) is 15.0. The number of aromatic amines is 1. The van der Waals surface area contributed by atoms with Crippen molar-refractivity contribution in [3.63, 3.8) is 0 Å². The quantitative estimate of drug-likeness (QED) is 0.767. The zero-order valence-corrected chi connectivity index (χ0v) is 13.3. The minimum absolute atomic E-state index is 0.00852. The van der Waals surface area contributed by atoms with Gasteiger partial charge in [-0.05, 0) is 42.1 Å². The van der Waals surface area contributed by atoms with E-state index < -0.39 is 5.76 Å². The minimum atomic E-state index is -0.438. The van der Waals surface area contributed by atoms with Gasteiger partial charge in [0.25, 0.3) is 0 Å². The normalized spacial score (nSPS) is 12.9. The Labute approximate surface area is 130 Å². The topological polar surface area (TPSA) is 58.0 Å². The molecule has 0 aliphatic rings. The molecule has 4 nitrogen and oxygen atoms in total. The molecule has 1 unspecified atom stereocenters. The van der Waals surface area contributed by atoms with Crippen LogP contribution in [0.4, 0.5) is 0 Å². The van der Waals surface area contributed by atoms with Crippen LogP contribution >= 0.6 is 22.9 Å². The molecule has 6 heteroatoms. The molecule has 0 saturated heterocycles. The van der Waals surface area contributed by atoms with E-state index in [2.05, 4.69) is 22.6 Å². The predicted molar refractivity (Wildman–Crippen MR) is 86.4 cm³/mol. The van der Waals surface area contributed by atoms with E-state index in [1.807, 2.05) is 25.1 Å². The second-order valence-corrected chi connectivity index (χ2v) is 6.15. The van der Waals surface area contributed by atoms with Gasteiger partial charge in [0, 0.05) is 4.88 Å². The smallest absolute Gasteiger partial charge is 0.408 e. The second kappa shape index (κ2) is 5.67. The molecule has 1 atom stereocenters. The van der Waals surface area contributed by atoms with Crippen molar-refractivity contribution in [3.05, 3.63) is 55.2 Å². The standard InChI is InChI=1S/C15H15ClN2O2S/c1-3-17-13(14-12(16)8(2)7-21-14)9-4-5-10-11(6-9)20-15(19)18-10/h4-7,13,17H,3H2,1-2H3,(H,18,19). The molecule has 0 radical (unpaired) electrons. The first-order valence-electron chi connectivity index (χ1n) is 6.69. The van der Waals surface area contributed by atoms with E-state index in [4.69, 9.17) is 16.0 Å². The highest BCUT2D eigenvalue weighted by Gasteiger charge is 2.20.